The van der Waals surface area contributed by atoms with Gasteiger partial charge in [0.05, 0.1) is 32.9 Å². The predicted octanol–water partition coefficient (Wildman–Crippen LogP) is 4.35. The van der Waals surface area contributed by atoms with Gasteiger partial charge in [-0.15, -0.1) is 33.2 Å². The van der Waals surface area contributed by atoms with E-state index in [1.807, 2.05) is 0 Å². The van der Waals surface area contributed by atoms with Crippen molar-refractivity contribution >= 4 is 50.6 Å². The van der Waals surface area contributed by atoms with Gasteiger partial charge in [-0.25, -0.2) is 9.69 Å². The molecule has 0 saturated carbocycles. The van der Waals surface area contributed by atoms with Crippen LogP contribution in [-0.4, -0.2) is 20.2 Å². The summed E-state index contributed by atoms with van der Waals surface area (Å²) in [5, 5.41) is 0. The van der Waals surface area contributed by atoms with Gasteiger partial charge in [0.15, 0.2) is 11.4 Å². The smallest absolute Gasteiger partial charge is 0.422 e. The zero-order valence-corrected chi connectivity index (χ0v) is 13.7. The Morgan fingerprint density at radius 1 is 1.15 bits per heavy atom. The zero-order valence-electron chi connectivity index (χ0n) is 10.4. The van der Waals surface area contributed by atoms with Crippen LogP contribution in [-0.2, 0) is 0 Å². The Labute approximate surface area is 131 Å². The topological polar surface area (TPSA) is 27.2 Å². The molecular weight excluding hydrogens is 339 g/mol. The van der Waals surface area contributed by atoms with E-state index in [1.54, 1.807) is 0 Å². The van der Waals surface area contributed by atoms with E-state index < -0.39 is 6.00 Å². The summed E-state index contributed by atoms with van der Waals surface area (Å²) in [6.07, 6.45) is 0. The number of halogens is 3. The lowest BCUT2D eigenvalue weighted by Gasteiger charge is -2.12. The third-order valence-electron chi connectivity index (χ3n) is 2.18. The minimum absolute atomic E-state index is 0.0494. The molecule has 0 heterocycles. The number of methoxy groups -OCH3 is 2. The monoisotopic (exact) mass is 344 g/mol. The molecule has 102 valence electrons. The largest absolute Gasteiger partial charge is 0.494 e. The van der Waals surface area contributed by atoms with Crippen molar-refractivity contribution < 1.29 is 9.47 Å². The predicted molar refractivity (Wildman–Crippen MR) is 82.3 cm³/mol. The molecule has 8 heteroatoms. The first kappa shape index (κ1) is 16.5. The molecule has 0 radical (unpaired) electrons. The average molecular weight is 346 g/mol. The SMILES string of the molecule is [C-]#[N+]c1cc(OC)c(OC)c(C#C[Si](Cl)(Cl)Cl)c1[N+]#[C-]. The number of ether oxygens (including phenoxy) is 2. The van der Waals surface area contributed by atoms with Crippen molar-refractivity contribution in [3.8, 4) is 23.0 Å². The van der Waals surface area contributed by atoms with Gasteiger partial charge >= 0.3 is 6.00 Å². The highest BCUT2D eigenvalue weighted by atomic mass is 35.8. The van der Waals surface area contributed by atoms with Gasteiger partial charge in [-0.05, 0) is 6.07 Å². The molecule has 0 unspecified atom stereocenters. The van der Waals surface area contributed by atoms with Gasteiger partial charge in [0.2, 0.25) is 5.69 Å². The average Bonchev–Trinajstić information content (AvgIpc) is 2.41. The van der Waals surface area contributed by atoms with Crippen LogP contribution in [0.15, 0.2) is 6.07 Å². The van der Waals surface area contributed by atoms with Crippen LogP contribution in [0.25, 0.3) is 9.69 Å². The van der Waals surface area contributed by atoms with Gasteiger partial charge < -0.3 is 9.47 Å². The summed E-state index contributed by atoms with van der Waals surface area (Å²) in [4.78, 5) is 6.59. The Morgan fingerprint density at radius 3 is 2.20 bits per heavy atom. The first-order valence-corrected chi connectivity index (χ1v) is 10.0. The quantitative estimate of drug-likeness (QED) is 0.345. The highest BCUT2D eigenvalue weighted by Crippen LogP contribution is 2.44. The van der Waals surface area contributed by atoms with Crippen molar-refractivity contribution in [2.24, 2.45) is 0 Å². The number of hydrogen-bond acceptors (Lipinski definition) is 2. The number of benzene rings is 1. The van der Waals surface area contributed by atoms with Crippen molar-refractivity contribution in [3.63, 3.8) is 0 Å². The van der Waals surface area contributed by atoms with E-state index in [4.69, 9.17) is 55.9 Å². The van der Waals surface area contributed by atoms with E-state index in [0.717, 1.165) is 0 Å². The van der Waals surface area contributed by atoms with E-state index >= 15 is 0 Å². The summed E-state index contributed by atoms with van der Waals surface area (Å²) >= 11 is 17.1. The third-order valence-corrected chi connectivity index (χ3v) is 3.44. The summed E-state index contributed by atoms with van der Waals surface area (Å²) in [6, 6.07) is -1.77. The lowest BCUT2D eigenvalue weighted by atomic mass is 10.1. The first-order valence-electron chi connectivity index (χ1n) is 5.01. The minimum Gasteiger partial charge on any atom is -0.494 e. The summed E-state index contributed by atoms with van der Waals surface area (Å²) in [6.45, 7) is 14.3. The van der Waals surface area contributed by atoms with Gasteiger partial charge in [-0.1, -0.05) is 11.5 Å². The Bertz CT molecular complexity index is 676. The van der Waals surface area contributed by atoms with Crippen molar-refractivity contribution in [2.45, 2.75) is 0 Å². The molecule has 0 aromatic heterocycles. The Morgan fingerprint density at radius 2 is 1.80 bits per heavy atom. The molecule has 0 spiro atoms. The third kappa shape index (κ3) is 3.73. The molecule has 0 N–H and O–H groups in total. The molecule has 1 aromatic carbocycles. The molecule has 0 amide bonds. The van der Waals surface area contributed by atoms with Crippen LogP contribution in [0, 0.1) is 24.6 Å². The van der Waals surface area contributed by atoms with Crippen molar-refractivity contribution in [1.82, 2.24) is 0 Å². The molecule has 0 saturated heterocycles. The van der Waals surface area contributed by atoms with Gasteiger partial charge in [-0.3, -0.25) is 0 Å². The van der Waals surface area contributed by atoms with E-state index in [0.29, 0.717) is 5.75 Å². The van der Waals surface area contributed by atoms with E-state index in [1.165, 1.54) is 20.3 Å². The zero-order chi connectivity index (χ0) is 15.3. The fraction of sp³-hybridized carbons (Fsp3) is 0.167. The lowest BCUT2D eigenvalue weighted by Crippen LogP contribution is -2.04. The molecule has 0 aliphatic rings. The summed E-state index contributed by atoms with van der Waals surface area (Å²) in [5.41, 5.74) is 2.83. The number of hydrogen-bond donors (Lipinski definition) is 0. The van der Waals surface area contributed by atoms with Crippen molar-refractivity contribution in [1.29, 1.82) is 0 Å². The summed E-state index contributed by atoms with van der Waals surface area (Å²) in [5.74, 6) is 3.16. The molecule has 0 bridgehead atoms. The Kier molecular flexibility index (Phi) is 5.57. The molecule has 0 aliphatic carbocycles. The van der Waals surface area contributed by atoms with Crippen LogP contribution in [0.5, 0.6) is 11.5 Å². The Hall–Kier alpha value is -1.55. The maximum Gasteiger partial charge on any atom is 0.422 e. The van der Waals surface area contributed by atoms with Gasteiger partial charge in [0.1, 0.15) is 5.75 Å². The molecule has 4 nitrogen and oxygen atoms in total. The molecular formula is C12H7Cl3N2O2Si. The maximum absolute atomic E-state index is 7.19. The molecule has 0 aliphatic heterocycles. The van der Waals surface area contributed by atoms with Crippen LogP contribution >= 0.6 is 33.2 Å². The fourth-order valence-electron chi connectivity index (χ4n) is 1.42. The van der Waals surface area contributed by atoms with Gasteiger partial charge in [0, 0.05) is 0 Å². The molecule has 20 heavy (non-hydrogen) atoms. The second kappa shape index (κ2) is 6.75. The summed E-state index contributed by atoms with van der Waals surface area (Å²) in [7, 11) is 2.82. The number of rotatable bonds is 2. The van der Waals surface area contributed by atoms with E-state index in [2.05, 4.69) is 21.2 Å². The van der Waals surface area contributed by atoms with Crippen LogP contribution in [0.3, 0.4) is 0 Å². The van der Waals surface area contributed by atoms with E-state index in [9.17, 15) is 0 Å². The van der Waals surface area contributed by atoms with Gasteiger partial charge in [0.25, 0.3) is 0 Å². The fourth-order valence-corrected chi connectivity index (χ4v) is 2.11. The highest BCUT2D eigenvalue weighted by Gasteiger charge is 2.23. The van der Waals surface area contributed by atoms with Crippen molar-refractivity contribution in [2.75, 3.05) is 14.2 Å². The van der Waals surface area contributed by atoms with Gasteiger partial charge in [-0.2, -0.15) is 0 Å². The molecule has 0 atom stereocenters. The number of nitrogens with zero attached hydrogens (tertiary/aromatic N) is 2. The van der Waals surface area contributed by atoms with E-state index in [-0.39, 0.29) is 22.7 Å². The molecule has 0 fully saturated rings. The normalized spacial score (nSPS) is 9.75. The van der Waals surface area contributed by atoms with Crippen LogP contribution in [0.2, 0.25) is 0 Å². The Balaban J connectivity index is 3.73. The molecule has 1 aromatic rings. The van der Waals surface area contributed by atoms with Crippen LogP contribution in [0.4, 0.5) is 11.4 Å². The van der Waals surface area contributed by atoms with Crippen LogP contribution in [0.1, 0.15) is 5.56 Å². The summed E-state index contributed by atoms with van der Waals surface area (Å²) < 4.78 is 10.3. The second-order valence-corrected chi connectivity index (χ2v) is 11.4. The highest BCUT2D eigenvalue weighted by molar-refractivity contribution is 7.67. The molecule has 1 rings (SSSR count). The standard InChI is InChI=1S/C12H7Cl3N2O2Si/c1-16-9-7-10(18-3)12(19-4)8(11(9)17-2)5-6-20(13,14)15/h7H,3-4H3. The van der Waals surface area contributed by atoms with Crippen molar-refractivity contribution in [3.05, 3.63) is 34.5 Å². The maximum atomic E-state index is 7.19. The lowest BCUT2D eigenvalue weighted by molar-refractivity contribution is 0.354. The first-order chi connectivity index (χ1) is 9.37. The van der Waals surface area contributed by atoms with Crippen LogP contribution < -0.4 is 9.47 Å². The second-order valence-electron chi connectivity index (χ2n) is 3.33. The minimum atomic E-state index is -3.19.